The molecule has 0 atom stereocenters. The molecule has 9 heteroatoms. The quantitative estimate of drug-likeness (QED) is 0.534. The minimum atomic E-state index is -0.212. The molecule has 0 saturated carbocycles. The molecule has 0 spiro atoms. The van der Waals surface area contributed by atoms with E-state index in [-0.39, 0.29) is 5.91 Å². The zero-order chi connectivity index (χ0) is 22.1. The minimum Gasteiger partial charge on any atom is -0.354 e. The van der Waals surface area contributed by atoms with Crippen LogP contribution in [0, 0.1) is 0 Å². The number of rotatable bonds is 4. The summed E-state index contributed by atoms with van der Waals surface area (Å²) >= 11 is 0. The first kappa shape index (κ1) is 20.1. The first-order chi connectivity index (χ1) is 15.5. The number of pyridine rings is 3. The fourth-order valence-electron chi connectivity index (χ4n) is 3.77. The predicted octanol–water partition coefficient (Wildman–Crippen LogP) is 2.43. The number of aromatic nitrogens is 5. The summed E-state index contributed by atoms with van der Waals surface area (Å²) in [4.78, 5) is 30.7. The second-order valence-corrected chi connectivity index (χ2v) is 8.04. The van der Waals surface area contributed by atoms with Gasteiger partial charge < -0.3 is 15.1 Å². The Labute approximate surface area is 185 Å². The van der Waals surface area contributed by atoms with E-state index in [4.69, 9.17) is 0 Å². The van der Waals surface area contributed by atoms with Gasteiger partial charge in [-0.2, -0.15) is 5.10 Å². The van der Waals surface area contributed by atoms with Gasteiger partial charge in [0.15, 0.2) is 0 Å². The second kappa shape index (κ2) is 8.35. The summed E-state index contributed by atoms with van der Waals surface area (Å²) in [5.74, 6) is 1.10. The number of carbonyl (C=O) groups is 1. The maximum Gasteiger partial charge on any atom is 0.257 e. The molecule has 1 saturated heterocycles. The van der Waals surface area contributed by atoms with Gasteiger partial charge in [0, 0.05) is 74.5 Å². The lowest BCUT2D eigenvalue weighted by atomic mass is 10.1. The summed E-state index contributed by atoms with van der Waals surface area (Å²) in [7, 11) is 3.98. The maximum atomic E-state index is 12.9. The van der Waals surface area contributed by atoms with Gasteiger partial charge in [-0.15, -0.1) is 0 Å². The van der Waals surface area contributed by atoms with Crippen LogP contribution < -0.4 is 10.2 Å². The minimum absolute atomic E-state index is 0.212. The zero-order valence-electron chi connectivity index (χ0n) is 18.1. The molecule has 4 aromatic rings. The Morgan fingerprint density at radius 3 is 2.53 bits per heavy atom. The molecule has 1 aliphatic rings. The third-order valence-electron chi connectivity index (χ3n) is 5.68. The van der Waals surface area contributed by atoms with Crippen LogP contribution in [0.15, 0.2) is 55.2 Å². The Hall–Kier alpha value is -3.85. The Balaban J connectivity index is 1.36. The normalized spacial score (nSPS) is 14.6. The Kier molecular flexibility index (Phi) is 5.24. The summed E-state index contributed by atoms with van der Waals surface area (Å²) in [6.45, 7) is 3.76. The molecule has 5 heterocycles. The highest BCUT2D eigenvalue weighted by Gasteiger charge is 2.17. The average Bonchev–Trinajstić information content (AvgIpc) is 3.25. The monoisotopic (exact) mass is 428 g/mol. The molecule has 0 radical (unpaired) electrons. The fraction of sp³-hybridized carbons (Fsp3) is 0.261. The fourth-order valence-corrected chi connectivity index (χ4v) is 3.77. The smallest absolute Gasteiger partial charge is 0.257 e. The van der Waals surface area contributed by atoms with Crippen molar-refractivity contribution in [2.24, 2.45) is 7.05 Å². The number of hydrogen-bond acceptors (Lipinski definition) is 7. The van der Waals surface area contributed by atoms with Gasteiger partial charge in [0.25, 0.3) is 5.91 Å². The lowest BCUT2D eigenvalue weighted by Crippen LogP contribution is -2.44. The van der Waals surface area contributed by atoms with E-state index in [0.29, 0.717) is 11.4 Å². The van der Waals surface area contributed by atoms with Crippen LogP contribution in [0.3, 0.4) is 0 Å². The molecule has 32 heavy (non-hydrogen) atoms. The van der Waals surface area contributed by atoms with Crippen LogP contribution in [-0.2, 0) is 7.05 Å². The molecule has 9 nitrogen and oxygen atoms in total. The van der Waals surface area contributed by atoms with Gasteiger partial charge in [0.05, 0.1) is 11.9 Å². The molecule has 1 amide bonds. The Morgan fingerprint density at radius 2 is 1.75 bits per heavy atom. The summed E-state index contributed by atoms with van der Waals surface area (Å²) in [6.07, 6.45) is 8.87. The third-order valence-corrected chi connectivity index (χ3v) is 5.68. The van der Waals surface area contributed by atoms with Gasteiger partial charge in [0.1, 0.15) is 11.6 Å². The highest BCUT2D eigenvalue weighted by atomic mass is 16.1. The summed E-state index contributed by atoms with van der Waals surface area (Å²) in [6, 6.07) is 7.39. The van der Waals surface area contributed by atoms with E-state index in [1.54, 1.807) is 35.5 Å². The van der Waals surface area contributed by atoms with Crippen molar-refractivity contribution in [1.82, 2.24) is 29.6 Å². The first-order valence-electron chi connectivity index (χ1n) is 10.5. The SMILES string of the molecule is CN1CCN(c2cc(C(=O)Nc3cc4cc(-c5cnn(C)c5)ncc4cn3)ccn2)CC1. The molecule has 1 N–H and O–H groups in total. The predicted molar refractivity (Wildman–Crippen MR) is 124 cm³/mol. The van der Waals surface area contributed by atoms with E-state index in [9.17, 15) is 4.79 Å². The van der Waals surface area contributed by atoms with Gasteiger partial charge in [-0.25, -0.2) is 9.97 Å². The van der Waals surface area contributed by atoms with E-state index in [1.807, 2.05) is 31.4 Å². The van der Waals surface area contributed by atoms with Crippen LogP contribution in [-0.4, -0.2) is 68.8 Å². The standard InChI is InChI=1S/C23H24N8O/c1-29-5-7-31(8-6-29)22-11-16(3-4-24-22)23(32)28-21-10-17-9-20(19-14-27-30(2)15-19)25-12-18(17)13-26-21/h3-4,9-15H,5-8H2,1-2H3,(H,26,28,32). The number of nitrogens with one attached hydrogen (secondary N) is 1. The third kappa shape index (κ3) is 4.15. The van der Waals surface area contributed by atoms with Crippen molar-refractivity contribution in [3.8, 4) is 11.3 Å². The van der Waals surface area contributed by atoms with Crippen molar-refractivity contribution >= 4 is 28.3 Å². The van der Waals surface area contributed by atoms with E-state index < -0.39 is 0 Å². The molecular weight excluding hydrogens is 404 g/mol. The lowest BCUT2D eigenvalue weighted by molar-refractivity contribution is 0.102. The van der Waals surface area contributed by atoms with Gasteiger partial charge in [0.2, 0.25) is 0 Å². The molecule has 0 aromatic carbocycles. The molecule has 1 fully saturated rings. The highest BCUT2D eigenvalue weighted by molar-refractivity contribution is 6.05. The van der Waals surface area contributed by atoms with Gasteiger partial charge >= 0.3 is 0 Å². The van der Waals surface area contributed by atoms with Crippen LogP contribution in [0.4, 0.5) is 11.6 Å². The Morgan fingerprint density at radius 1 is 0.938 bits per heavy atom. The number of carbonyl (C=O) groups excluding carboxylic acids is 1. The number of anilines is 2. The van der Waals surface area contributed by atoms with Crippen molar-refractivity contribution in [2.45, 2.75) is 0 Å². The van der Waals surface area contributed by atoms with Crippen molar-refractivity contribution in [3.05, 3.63) is 60.8 Å². The molecule has 0 aliphatic carbocycles. The molecule has 5 rings (SSSR count). The number of nitrogens with zero attached hydrogens (tertiary/aromatic N) is 7. The number of likely N-dealkylation sites (N-methyl/N-ethyl adjacent to an activating group) is 1. The summed E-state index contributed by atoms with van der Waals surface area (Å²) < 4.78 is 1.74. The van der Waals surface area contributed by atoms with Crippen LogP contribution in [0.1, 0.15) is 10.4 Å². The van der Waals surface area contributed by atoms with E-state index in [0.717, 1.165) is 54.0 Å². The van der Waals surface area contributed by atoms with Crippen molar-refractivity contribution in [3.63, 3.8) is 0 Å². The number of aryl methyl sites for hydroxylation is 1. The Bertz CT molecular complexity index is 1280. The van der Waals surface area contributed by atoms with Gasteiger partial charge in [-0.1, -0.05) is 0 Å². The lowest BCUT2D eigenvalue weighted by Gasteiger charge is -2.33. The maximum absolute atomic E-state index is 12.9. The number of amides is 1. The number of fused-ring (bicyclic) bond motifs is 1. The zero-order valence-corrected chi connectivity index (χ0v) is 18.1. The van der Waals surface area contributed by atoms with Crippen molar-refractivity contribution in [2.75, 3.05) is 43.4 Å². The first-order valence-corrected chi connectivity index (χ1v) is 10.5. The van der Waals surface area contributed by atoms with Gasteiger partial charge in [-0.3, -0.25) is 14.5 Å². The number of piperazine rings is 1. The van der Waals surface area contributed by atoms with E-state index in [2.05, 4.69) is 42.2 Å². The van der Waals surface area contributed by atoms with Crippen molar-refractivity contribution < 1.29 is 4.79 Å². The van der Waals surface area contributed by atoms with Crippen LogP contribution >= 0.6 is 0 Å². The van der Waals surface area contributed by atoms with Crippen LogP contribution in [0.5, 0.6) is 0 Å². The van der Waals surface area contributed by atoms with Crippen LogP contribution in [0.2, 0.25) is 0 Å². The van der Waals surface area contributed by atoms with E-state index in [1.165, 1.54) is 0 Å². The highest BCUT2D eigenvalue weighted by Crippen LogP contribution is 2.23. The molecule has 162 valence electrons. The molecule has 0 bridgehead atoms. The molecular formula is C23H24N8O. The van der Waals surface area contributed by atoms with Crippen LogP contribution in [0.25, 0.3) is 22.0 Å². The molecule has 0 unspecified atom stereocenters. The summed E-state index contributed by atoms with van der Waals surface area (Å²) in [5.41, 5.74) is 2.31. The average molecular weight is 429 g/mol. The van der Waals surface area contributed by atoms with Crippen molar-refractivity contribution in [1.29, 1.82) is 0 Å². The second-order valence-electron chi connectivity index (χ2n) is 8.04. The molecule has 1 aliphatic heterocycles. The molecule has 4 aromatic heterocycles. The largest absolute Gasteiger partial charge is 0.354 e. The van der Waals surface area contributed by atoms with E-state index >= 15 is 0 Å². The number of hydrogen-bond donors (Lipinski definition) is 1. The summed E-state index contributed by atoms with van der Waals surface area (Å²) in [5, 5.41) is 8.96. The topological polar surface area (TPSA) is 92.1 Å². The van der Waals surface area contributed by atoms with Gasteiger partial charge in [-0.05, 0) is 36.7 Å².